The summed E-state index contributed by atoms with van der Waals surface area (Å²) in [6.07, 6.45) is 0. The Morgan fingerprint density at radius 1 is 0.591 bits per heavy atom. The molecule has 3 aromatic carbocycles. The van der Waals surface area contributed by atoms with E-state index in [-0.39, 0.29) is 6.07 Å². The standard InChI is InChI=1S/C19H17ClOP/c20-16-21-22(17-10-4-1-5-11-17,18-12-6-2-7-13-18)19-14-8-3-9-15-19/h1-15H,16H2/q+1. The molecule has 0 aliphatic heterocycles. The molecule has 3 heteroatoms. The van der Waals surface area contributed by atoms with E-state index in [9.17, 15) is 0 Å². The summed E-state index contributed by atoms with van der Waals surface area (Å²) in [6, 6.07) is 31.3. The zero-order valence-corrected chi connectivity index (χ0v) is 13.8. The van der Waals surface area contributed by atoms with Crippen molar-refractivity contribution < 1.29 is 4.52 Å². The van der Waals surface area contributed by atoms with Gasteiger partial charge in [-0.15, -0.1) is 0 Å². The Bertz CT molecular complexity index is 605. The molecule has 3 aromatic rings. The van der Waals surface area contributed by atoms with Gasteiger partial charge in [-0.05, 0) is 36.4 Å². The largest absolute Gasteiger partial charge is 0.244 e. The van der Waals surface area contributed by atoms with E-state index in [1.165, 1.54) is 15.9 Å². The Kier molecular flexibility index (Phi) is 4.90. The van der Waals surface area contributed by atoms with Crippen LogP contribution in [0.25, 0.3) is 0 Å². The van der Waals surface area contributed by atoms with Crippen molar-refractivity contribution in [2.75, 3.05) is 6.07 Å². The topological polar surface area (TPSA) is 9.23 Å². The van der Waals surface area contributed by atoms with Gasteiger partial charge in [0.1, 0.15) is 15.9 Å². The molecule has 0 aliphatic carbocycles. The van der Waals surface area contributed by atoms with Gasteiger partial charge in [-0.3, -0.25) is 0 Å². The summed E-state index contributed by atoms with van der Waals surface area (Å²) in [5.74, 6) is 0. The maximum atomic E-state index is 6.26. The van der Waals surface area contributed by atoms with Crippen LogP contribution in [0.4, 0.5) is 0 Å². The molecule has 0 radical (unpaired) electrons. The Labute approximate surface area is 136 Å². The van der Waals surface area contributed by atoms with Crippen molar-refractivity contribution in [3.63, 3.8) is 0 Å². The van der Waals surface area contributed by atoms with Crippen LogP contribution in [0.15, 0.2) is 91.0 Å². The van der Waals surface area contributed by atoms with Crippen molar-refractivity contribution in [1.29, 1.82) is 0 Å². The lowest BCUT2D eigenvalue weighted by Gasteiger charge is -2.24. The van der Waals surface area contributed by atoms with Crippen LogP contribution in [-0.4, -0.2) is 6.07 Å². The van der Waals surface area contributed by atoms with Gasteiger partial charge in [0, 0.05) is 0 Å². The summed E-state index contributed by atoms with van der Waals surface area (Å²) < 4.78 is 6.26. The molecule has 3 rings (SSSR count). The Hall–Kier alpha value is -1.66. The zero-order valence-electron chi connectivity index (χ0n) is 12.1. The number of alkyl halides is 1. The van der Waals surface area contributed by atoms with Gasteiger partial charge in [-0.2, -0.15) is 0 Å². The van der Waals surface area contributed by atoms with Crippen LogP contribution in [0.2, 0.25) is 0 Å². The Morgan fingerprint density at radius 3 is 1.18 bits per heavy atom. The molecule has 22 heavy (non-hydrogen) atoms. The first-order valence-electron chi connectivity index (χ1n) is 7.14. The average Bonchev–Trinajstić information content (AvgIpc) is 2.62. The molecular formula is C19H17ClOP+. The molecular weight excluding hydrogens is 311 g/mol. The fourth-order valence-corrected chi connectivity index (χ4v) is 6.36. The lowest BCUT2D eigenvalue weighted by molar-refractivity contribution is 0.435. The van der Waals surface area contributed by atoms with Crippen LogP contribution in [-0.2, 0) is 4.52 Å². The number of benzene rings is 3. The van der Waals surface area contributed by atoms with Crippen molar-refractivity contribution in [2.24, 2.45) is 0 Å². The van der Waals surface area contributed by atoms with Gasteiger partial charge in [-0.25, -0.2) is 4.52 Å². The van der Waals surface area contributed by atoms with E-state index in [4.69, 9.17) is 16.1 Å². The fraction of sp³-hybridized carbons (Fsp3) is 0.0526. The first-order chi connectivity index (χ1) is 10.9. The summed E-state index contributed by atoms with van der Waals surface area (Å²) in [7, 11) is -2.19. The predicted octanol–water partition coefficient (Wildman–Crippen LogP) is 4.11. The molecule has 110 valence electrons. The van der Waals surface area contributed by atoms with E-state index in [2.05, 4.69) is 36.4 Å². The van der Waals surface area contributed by atoms with E-state index in [1.54, 1.807) is 0 Å². The van der Waals surface area contributed by atoms with E-state index in [0.717, 1.165) is 0 Å². The third kappa shape index (κ3) is 2.80. The van der Waals surface area contributed by atoms with Gasteiger partial charge in [0.25, 0.3) is 0 Å². The van der Waals surface area contributed by atoms with Crippen LogP contribution < -0.4 is 15.9 Å². The van der Waals surface area contributed by atoms with Crippen LogP contribution in [0.3, 0.4) is 0 Å². The number of hydrogen-bond donors (Lipinski definition) is 0. The second-order valence-electron chi connectivity index (χ2n) is 4.85. The fourth-order valence-electron chi connectivity index (χ4n) is 2.66. The quantitative estimate of drug-likeness (QED) is 0.506. The molecule has 0 saturated heterocycles. The molecule has 1 nitrogen and oxygen atoms in total. The summed E-state index contributed by atoms with van der Waals surface area (Å²) in [6.45, 7) is 0. The minimum absolute atomic E-state index is 0.159. The Morgan fingerprint density at radius 2 is 0.909 bits per heavy atom. The molecule has 0 spiro atoms. The number of halogens is 1. The van der Waals surface area contributed by atoms with Gasteiger partial charge in [0.05, 0.1) is 0 Å². The first-order valence-corrected chi connectivity index (χ1v) is 9.38. The highest BCUT2D eigenvalue weighted by atomic mass is 35.5. The molecule has 0 N–H and O–H groups in total. The molecule has 0 atom stereocenters. The minimum Gasteiger partial charge on any atom is -0.206 e. The summed E-state index contributed by atoms with van der Waals surface area (Å²) in [5.41, 5.74) is 0. The van der Waals surface area contributed by atoms with Crippen LogP contribution in [0.1, 0.15) is 0 Å². The lowest BCUT2D eigenvalue weighted by Crippen LogP contribution is -2.32. The monoisotopic (exact) mass is 327 g/mol. The minimum atomic E-state index is -2.19. The van der Waals surface area contributed by atoms with E-state index >= 15 is 0 Å². The van der Waals surface area contributed by atoms with Crippen molar-refractivity contribution in [2.45, 2.75) is 0 Å². The van der Waals surface area contributed by atoms with Crippen LogP contribution >= 0.6 is 19.1 Å². The molecule has 0 heterocycles. The van der Waals surface area contributed by atoms with Crippen molar-refractivity contribution in [1.82, 2.24) is 0 Å². The van der Waals surface area contributed by atoms with E-state index < -0.39 is 7.49 Å². The van der Waals surface area contributed by atoms with Crippen molar-refractivity contribution in [3.8, 4) is 0 Å². The average molecular weight is 328 g/mol. The number of rotatable bonds is 5. The molecule has 0 aromatic heterocycles. The maximum absolute atomic E-state index is 6.26. The molecule has 0 unspecified atom stereocenters. The first kappa shape index (κ1) is 15.2. The molecule has 0 bridgehead atoms. The van der Waals surface area contributed by atoms with Crippen LogP contribution in [0, 0.1) is 0 Å². The number of hydrogen-bond acceptors (Lipinski definition) is 1. The lowest BCUT2D eigenvalue weighted by atomic mass is 10.4. The van der Waals surface area contributed by atoms with Crippen molar-refractivity contribution in [3.05, 3.63) is 91.0 Å². The second-order valence-corrected chi connectivity index (χ2v) is 8.10. The molecule has 0 amide bonds. The van der Waals surface area contributed by atoms with Gasteiger partial charge in [0.15, 0.2) is 6.07 Å². The molecule has 0 saturated carbocycles. The van der Waals surface area contributed by atoms with E-state index in [0.29, 0.717) is 0 Å². The van der Waals surface area contributed by atoms with Gasteiger partial charge >= 0.3 is 0 Å². The van der Waals surface area contributed by atoms with Crippen molar-refractivity contribution >= 4 is 35.0 Å². The van der Waals surface area contributed by atoms with Crippen LogP contribution in [0.5, 0.6) is 0 Å². The Balaban J connectivity index is 2.29. The third-order valence-corrected chi connectivity index (χ3v) is 7.46. The summed E-state index contributed by atoms with van der Waals surface area (Å²) in [4.78, 5) is 0. The maximum Gasteiger partial charge on any atom is 0.244 e. The van der Waals surface area contributed by atoms with Gasteiger partial charge in [-0.1, -0.05) is 66.2 Å². The van der Waals surface area contributed by atoms with Gasteiger partial charge < -0.3 is 0 Å². The highest BCUT2D eigenvalue weighted by Gasteiger charge is 2.47. The smallest absolute Gasteiger partial charge is 0.206 e. The van der Waals surface area contributed by atoms with E-state index in [1.807, 2.05) is 54.6 Å². The summed E-state index contributed by atoms with van der Waals surface area (Å²) >= 11 is 6.04. The molecule has 0 aliphatic rings. The highest BCUT2D eigenvalue weighted by molar-refractivity contribution is 7.91. The third-order valence-electron chi connectivity index (χ3n) is 3.60. The predicted molar refractivity (Wildman–Crippen MR) is 97.0 cm³/mol. The normalized spacial score (nSPS) is 11.3. The second kappa shape index (κ2) is 7.07. The SMILES string of the molecule is ClCO[P+](c1ccccc1)(c1ccccc1)c1ccccc1. The molecule has 0 fully saturated rings. The van der Waals surface area contributed by atoms with Gasteiger partial charge in [0.2, 0.25) is 7.49 Å². The zero-order chi connectivity index (χ0) is 15.3. The summed E-state index contributed by atoms with van der Waals surface area (Å²) in [5, 5.41) is 3.52. The highest BCUT2D eigenvalue weighted by Crippen LogP contribution is 2.56.